The third-order valence-corrected chi connectivity index (χ3v) is 2.22. The lowest BCUT2D eigenvalue weighted by Gasteiger charge is -2.14. The number of carboxylic acid groups (broad SMARTS) is 1. The van der Waals surface area contributed by atoms with Crippen LogP contribution in [0.25, 0.3) is 0 Å². The molecule has 0 aliphatic heterocycles. The van der Waals surface area contributed by atoms with Gasteiger partial charge in [-0.15, -0.1) is 0 Å². The van der Waals surface area contributed by atoms with Crippen molar-refractivity contribution < 1.29 is 14.7 Å². The van der Waals surface area contributed by atoms with Crippen LogP contribution in [0.2, 0.25) is 0 Å². The molecule has 1 aromatic heterocycles. The lowest BCUT2D eigenvalue weighted by molar-refractivity contribution is -0.130. The highest BCUT2D eigenvalue weighted by molar-refractivity contribution is 5.87. The van der Waals surface area contributed by atoms with Gasteiger partial charge in [-0.25, -0.2) is 4.79 Å². The molecule has 1 amide bonds. The number of rotatable bonds is 4. The van der Waals surface area contributed by atoms with Gasteiger partial charge in [0.05, 0.1) is 5.56 Å². The van der Waals surface area contributed by atoms with Gasteiger partial charge in [0.2, 0.25) is 5.91 Å². The number of hydrogen-bond donors (Lipinski definition) is 1. The van der Waals surface area contributed by atoms with Crippen LogP contribution in [0.5, 0.6) is 0 Å². The second-order valence-corrected chi connectivity index (χ2v) is 3.29. The topological polar surface area (TPSA) is 62.5 Å². The van der Waals surface area contributed by atoms with Gasteiger partial charge in [0.1, 0.15) is 6.54 Å². The fourth-order valence-electron chi connectivity index (χ4n) is 1.12. The predicted molar refractivity (Wildman–Crippen MR) is 54.7 cm³/mol. The van der Waals surface area contributed by atoms with Crippen LogP contribution in [-0.4, -0.2) is 40.0 Å². The van der Waals surface area contributed by atoms with Crippen LogP contribution in [0.1, 0.15) is 17.3 Å². The molecule has 1 aromatic rings. The molecule has 82 valence electrons. The summed E-state index contributed by atoms with van der Waals surface area (Å²) in [5, 5.41) is 8.68. The molecule has 1 N–H and O–H groups in total. The maximum absolute atomic E-state index is 11.5. The average Bonchev–Trinajstić information content (AvgIpc) is 2.65. The van der Waals surface area contributed by atoms with Crippen molar-refractivity contribution in [3.63, 3.8) is 0 Å². The van der Waals surface area contributed by atoms with E-state index in [9.17, 15) is 9.59 Å². The van der Waals surface area contributed by atoms with Crippen LogP contribution < -0.4 is 0 Å². The van der Waals surface area contributed by atoms with E-state index in [0.717, 1.165) is 0 Å². The Bertz CT molecular complexity index is 370. The number of likely N-dealkylation sites (N-methyl/N-ethyl adjacent to an activating group) is 1. The average molecular weight is 210 g/mol. The highest BCUT2D eigenvalue weighted by Gasteiger charge is 2.09. The molecule has 15 heavy (non-hydrogen) atoms. The first kappa shape index (κ1) is 11.3. The summed E-state index contributed by atoms with van der Waals surface area (Å²) in [5.41, 5.74) is 0.196. The molecule has 0 saturated carbocycles. The number of carboxylic acids is 1. The maximum Gasteiger partial charge on any atom is 0.337 e. The molecule has 0 spiro atoms. The molecule has 5 heteroatoms. The number of hydrogen-bond acceptors (Lipinski definition) is 2. The number of aromatic carboxylic acids is 1. The minimum atomic E-state index is -0.981. The lowest BCUT2D eigenvalue weighted by Crippen LogP contribution is -2.29. The number of amides is 1. The number of carbonyl (C=O) groups excluding carboxylic acids is 1. The molecule has 5 nitrogen and oxygen atoms in total. The van der Waals surface area contributed by atoms with Gasteiger partial charge in [-0.2, -0.15) is 0 Å². The minimum absolute atomic E-state index is 0.0370. The van der Waals surface area contributed by atoms with Crippen LogP contribution in [0.15, 0.2) is 18.5 Å². The Kier molecular flexibility index (Phi) is 3.49. The van der Waals surface area contributed by atoms with Crippen LogP contribution in [-0.2, 0) is 11.3 Å². The number of carbonyl (C=O) groups is 2. The van der Waals surface area contributed by atoms with E-state index in [1.54, 1.807) is 22.7 Å². The number of aromatic nitrogens is 1. The van der Waals surface area contributed by atoms with Crippen molar-refractivity contribution in [2.75, 3.05) is 13.6 Å². The van der Waals surface area contributed by atoms with Crippen molar-refractivity contribution in [3.8, 4) is 0 Å². The van der Waals surface area contributed by atoms with Gasteiger partial charge < -0.3 is 14.6 Å². The zero-order valence-electron chi connectivity index (χ0n) is 8.80. The lowest BCUT2D eigenvalue weighted by atomic mass is 10.4. The molecule has 0 unspecified atom stereocenters. The summed E-state index contributed by atoms with van der Waals surface area (Å²) in [5.74, 6) is -1.02. The zero-order chi connectivity index (χ0) is 11.4. The van der Waals surface area contributed by atoms with E-state index in [1.807, 2.05) is 6.92 Å². The highest BCUT2D eigenvalue weighted by atomic mass is 16.4. The van der Waals surface area contributed by atoms with Crippen molar-refractivity contribution in [2.24, 2.45) is 0 Å². The zero-order valence-corrected chi connectivity index (χ0v) is 8.80. The molecule has 0 saturated heterocycles. The number of nitrogens with zero attached hydrogens (tertiary/aromatic N) is 2. The summed E-state index contributed by atoms with van der Waals surface area (Å²) in [4.78, 5) is 23.6. The van der Waals surface area contributed by atoms with Crippen molar-refractivity contribution in [1.82, 2.24) is 9.47 Å². The van der Waals surface area contributed by atoms with Gasteiger partial charge in [0.15, 0.2) is 0 Å². The Hall–Kier alpha value is -1.78. The van der Waals surface area contributed by atoms with E-state index < -0.39 is 5.97 Å². The Morgan fingerprint density at radius 3 is 2.67 bits per heavy atom. The molecule has 1 rings (SSSR count). The van der Waals surface area contributed by atoms with Gasteiger partial charge in [-0.1, -0.05) is 0 Å². The van der Waals surface area contributed by atoms with Crippen molar-refractivity contribution >= 4 is 11.9 Å². The van der Waals surface area contributed by atoms with Crippen molar-refractivity contribution in [3.05, 3.63) is 24.0 Å². The molecule has 1 heterocycles. The van der Waals surface area contributed by atoms with Gasteiger partial charge in [-0.05, 0) is 13.0 Å². The van der Waals surface area contributed by atoms with E-state index in [4.69, 9.17) is 5.11 Å². The van der Waals surface area contributed by atoms with Crippen molar-refractivity contribution in [2.45, 2.75) is 13.5 Å². The first-order chi connectivity index (χ1) is 7.04. The second-order valence-electron chi connectivity index (χ2n) is 3.29. The SMILES string of the molecule is CCN(C)C(=O)Cn1ccc(C(=O)O)c1. The molecular weight excluding hydrogens is 196 g/mol. The highest BCUT2D eigenvalue weighted by Crippen LogP contribution is 2.01. The maximum atomic E-state index is 11.5. The Morgan fingerprint density at radius 1 is 1.53 bits per heavy atom. The second kappa shape index (κ2) is 4.63. The molecule has 0 fully saturated rings. The minimum Gasteiger partial charge on any atom is -0.478 e. The van der Waals surface area contributed by atoms with E-state index in [0.29, 0.717) is 6.54 Å². The normalized spacial score (nSPS) is 10.0. The van der Waals surface area contributed by atoms with E-state index in [2.05, 4.69) is 0 Å². The smallest absolute Gasteiger partial charge is 0.337 e. The molecule has 0 atom stereocenters. The third-order valence-electron chi connectivity index (χ3n) is 2.22. The standard InChI is InChI=1S/C10H14N2O3/c1-3-11(2)9(13)7-12-5-4-8(6-12)10(14)15/h4-6H,3,7H2,1-2H3,(H,14,15). The van der Waals surface area contributed by atoms with Crippen LogP contribution in [0.4, 0.5) is 0 Å². The first-order valence-electron chi connectivity index (χ1n) is 4.67. The van der Waals surface area contributed by atoms with Gasteiger partial charge in [0, 0.05) is 26.0 Å². The van der Waals surface area contributed by atoms with E-state index in [1.165, 1.54) is 12.3 Å². The molecule has 0 aliphatic rings. The summed E-state index contributed by atoms with van der Waals surface area (Å²) < 4.78 is 1.57. The quantitative estimate of drug-likeness (QED) is 0.794. The Labute approximate surface area is 87.9 Å². The molecule has 0 aromatic carbocycles. The molecule has 0 bridgehead atoms. The first-order valence-corrected chi connectivity index (χ1v) is 4.67. The summed E-state index contributed by atoms with van der Waals surface area (Å²) in [6.07, 6.45) is 3.04. The fraction of sp³-hybridized carbons (Fsp3) is 0.400. The van der Waals surface area contributed by atoms with Crippen LogP contribution in [0, 0.1) is 0 Å². The fourth-order valence-corrected chi connectivity index (χ4v) is 1.12. The van der Waals surface area contributed by atoms with Crippen LogP contribution in [0.3, 0.4) is 0 Å². The third kappa shape index (κ3) is 2.83. The Morgan fingerprint density at radius 2 is 2.20 bits per heavy atom. The van der Waals surface area contributed by atoms with E-state index in [-0.39, 0.29) is 18.0 Å². The predicted octanol–water partition coefficient (Wildman–Crippen LogP) is 0.665. The largest absolute Gasteiger partial charge is 0.478 e. The van der Waals surface area contributed by atoms with Gasteiger partial charge in [-0.3, -0.25) is 4.79 Å². The van der Waals surface area contributed by atoms with Gasteiger partial charge >= 0.3 is 5.97 Å². The van der Waals surface area contributed by atoms with Gasteiger partial charge in [0.25, 0.3) is 0 Å². The molecule has 0 aliphatic carbocycles. The summed E-state index contributed by atoms with van der Waals surface area (Å²) in [6.45, 7) is 2.71. The van der Waals surface area contributed by atoms with Crippen LogP contribution >= 0.6 is 0 Å². The molecular formula is C10H14N2O3. The van der Waals surface area contributed by atoms with Crippen molar-refractivity contribution in [1.29, 1.82) is 0 Å². The summed E-state index contributed by atoms with van der Waals surface area (Å²) >= 11 is 0. The Balaban J connectivity index is 2.65. The van der Waals surface area contributed by atoms with E-state index >= 15 is 0 Å². The molecule has 0 radical (unpaired) electrons. The monoisotopic (exact) mass is 210 g/mol. The summed E-state index contributed by atoms with van der Waals surface area (Å²) in [6, 6.07) is 1.47. The summed E-state index contributed by atoms with van der Waals surface area (Å²) in [7, 11) is 1.71.